The number of carboxylic acids is 1. The molecule has 0 aliphatic carbocycles. The van der Waals surface area contributed by atoms with Gasteiger partial charge in [0, 0.05) is 0 Å². The molecule has 0 saturated heterocycles. The van der Waals surface area contributed by atoms with Crippen molar-refractivity contribution in [2.24, 2.45) is 0 Å². The number of hydrogen-bond acceptors (Lipinski definition) is 1. The topological polar surface area (TPSA) is 37.3 Å². The van der Waals surface area contributed by atoms with Crippen LogP contribution in [0.25, 0.3) is 0 Å². The van der Waals surface area contributed by atoms with Crippen LogP contribution in [-0.4, -0.2) is 11.1 Å². The maximum absolute atomic E-state index is 10.2. The number of benzene rings is 1. The molecule has 3 heteroatoms. The standard InChI is InChI=1S/C7H6O2.CH3.Hg/c8-7(9)6-4-2-1-3-5-6;;/h1-5H,(H,8,9);1H3;. The molecule has 11 heavy (non-hydrogen) atoms. The Morgan fingerprint density at radius 1 is 1.27 bits per heavy atom. The van der Waals surface area contributed by atoms with E-state index in [9.17, 15) is 4.79 Å². The number of carbonyl (C=O) groups is 1. The number of hydrogen-bond donors (Lipinski definition) is 1. The third-order valence-electron chi connectivity index (χ3n) is 1.02. The van der Waals surface area contributed by atoms with Crippen LogP contribution in [0.15, 0.2) is 30.3 Å². The molecule has 0 saturated carbocycles. The van der Waals surface area contributed by atoms with E-state index in [2.05, 4.69) is 4.43 Å². The zero-order valence-electron chi connectivity index (χ0n) is 6.45. The number of aromatic carboxylic acids is 1. The van der Waals surface area contributed by atoms with Crippen molar-refractivity contribution in [2.75, 3.05) is 0 Å². The van der Waals surface area contributed by atoms with Gasteiger partial charge in [-0.3, -0.25) is 0 Å². The summed E-state index contributed by atoms with van der Waals surface area (Å²) in [5, 5.41) is 8.38. The van der Waals surface area contributed by atoms with Gasteiger partial charge in [-0.1, -0.05) is 18.2 Å². The van der Waals surface area contributed by atoms with Crippen LogP contribution in [0.3, 0.4) is 0 Å². The van der Waals surface area contributed by atoms with Crippen molar-refractivity contribution in [1.82, 2.24) is 0 Å². The van der Waals surface area contributed by atoms with Crippen LogP contribution in [-0.2, 0) is 26.1 Å². The molecule has 2 nitrogen and oxygen atoms in total. The van der Waals surface area contributed by atoms with Crippen molar-refractivity contribution in [1.29, 1.82) is 0 Å². The van der Waals surface area contributed by atoms with E-state index in [0.29, 0.717) is 5.56 Å². The molecule has 55 valence electrons. The van der Waals surface area contributed by atoms with Gasteiger partial charge in [0.05, 0.1) is 5.56 Å². The summed E-state index contributed by atoms with van der Waals surface area (Å²) in [5.41, 5.74) is 0.331. The van der Waals surface area contributed by atoms with E-state index in [1.807, 2.05) is 0 Å². The van der Waals surface area contributed by atoms with E-state index >= 15 is 0 Å². The van der Waals surface area contributed by atoms with Crippen LogP contribution in [0.4, 0.5) is 0 Å². The van der Waals surface area contributed by atoms with Gasteiger partial charge in [0.2, 0.25) is 0 Å². The van der Waals surface area contributed by atoms with Crippen molar-refractivity contribution < 1.29 is 36.0 Å². The number of carboxylic acid groups (broad SMARTS) is 1. The fourth-order valence-electron chi connectivity index (χ4n) is 0.581. The van der Waals surface area contributed by atoms with Crippen LogP contribution in [0.2, 0.25) is 4.43 Å². The monoisotopic (exact) mass is 339 g/mol. The molecular weight excluding hydrogens is 329 g/mol. The van der Waals surface area contributed by atoms with E-state index in [1.165, 1.54) is 0 Å². The normalized spacial score (nSPS) is 7.91. The van der Waals surface area contributed by atoms with Crippen LogP contribution >= 0.6 is 0 Å². The minimum atomic E-state index is -0.879. The quantitative estimate of drug-likeness (QED) is 0.796. The fraction of sp³-hybridized carbons (Fsp3) is 0.125. The second kappa shape index (κ2) is 6.34. The SMILES string of the molecule is O=C(O)c1ccccc1.[CH3][Hg]. The predicted molar refractivity (Wildman–Crippen MR) is 39.3 cm³/mol. The molecule has 0 aliphatic rings. The van der Waals surface area contributed by atoms with Gasteiger partial charge in [0.25, 0.3) is 0 Å². The predicted octanol–water partition coefficient (Wildman–Crippen LogP) is 1.97. The van der Waals surface area contributed by atoms with Crippen molar-refractivity contribution in [3.05, 3.63) is 35.9 Å². The molecule has 1 rings (SSSR count). The summed E-state index contributed by atoms with van der Waals surface area (Å²) in [4.78, 5) is 10.2. The molecule has 0 amide bonds. The molecule has 0 bridgehead atoms. The van der Waals surface area contributed by atoms with Crippen molar-refractivity contribution in [2.45, 2.75) is 4.43 Å². The second-order valence-corrected chi connectivity index (χ2v) is 1.67. The van der Waals surface area contributed by atoms with Crippen molar-refractivity contribution in [3.8, 4) is 0 Å². The van der Waals surface area contributed by atoms with Gasteiger partial charge in [-0.05, 0) is 12.1 Å². The first-order chi connectivity index (χ1) is 5.30. The Labute approximate surface area is 82.2 Å². The third-order valence-corrected chi connectivity index (χ3v) is 1.02. The Kier molecular flexibility index (Phi) is 6.13. The van der Waals surface area contributed by atoms with Crippen LogP contribution in [0, 0.1) is 0 Å². The average Bonchev–Trinajstić information content (AvgIpc) is 2.10. The summed E-state index contributed by atoms with van der Waals surface area (Å²) in [6.45, 7) is 0. The first-order valence-corrected chi connectivity index (χ1v) is 8.79. The number of rotatable bonds is 1. The summed E-state index contributed by atoms with van der Waals surface area (Å²) in [6, 6.07) is 8.30. The third kappa shape index (κ3) is 4.14. The molecule has 0 atom stereocenters. The van der Waals surface area contributed by atoms with Crippen LogP contribution in [0.5, 0.6) is 0 Å². The second-order valence-electron chi connectivity index (χ2n) is 1.67. The van der Waals surface area contributed by atoms with Gasteiger partial charge < -0.3 is 5.11 Å². The van der Waals surface area contributed by atoms with Gasteiger partial charge >= 0.3 is 36.5 Å². The molecule has 0 aromatic heterocycles. The van der Waals surface area contributed by atoms with Gasteiger partial charge in [-0.2, -0.15) is 0 Å². The van der Waals surface area contributed by atoms with E-state index in [-0.39, 0.29) is 0 Å². The van der Waals surface area contributed by atoms with Crippen LogP contribution in [0.1, 0.15) is 10.4 Å². The minimum absolute atomic E-state index is 0.331. The Balaban J connectivity index is 0.000000461. The molecule has 1 aromatic rings. The zero-order valence-corrected chi connectivity index (χ0v) is 11.9. The molecule has 0 unspecified atom stereocenters. The fourth-order valence-corrected chi connectivity index (χ4v) is 0.581. The van der Waals surface area contributed by atoms with Crippen molar-refractivity contribution in [3.63, 3.8) is 0 Å². The molecule has 1 aromatic carbocycles. The van der Waals surface area contributed by atoms with E-state index < -0.39 is 5.97 Å². The molecule has 1 N–H and O–H groups in total. The summed E-state index contributed by atoms with van der Waals surface area (Å²) in [6.07, 6.45) is 0. The Bertz CT molecular complexity index is 209. The Hall–Kier alpha value is -0.375. The van der Waals surface area contributed by atoms with E-state index in [4.69, 9.17) is 5.11 Å². The summed E-state index contributed by atoms with van der Waals surface area (Å²) >= 11 is 1.03. The maximum atomic E-state index is 10.2. The van der Waals surface area contributed by atoms with Crippen LogP contribution < -0.4 is 0 Å². The first-order valence-electron chi connectivity index (χ1n) is 3.30. The summed E-state index contributed by atoms with van der Waals surface area (Å²) in [7, 11) is 0. The van der Waals surface area contributed by atoms with Crippen molar-refractivity contribution >= 4 is 5.97 Å². The van der Waals surface area contributed by atoms with Gasteiger partial charge in [-0.15, -0.1) is 0 Å². The van der Waals surface area contributed by atoms with Gasteiger partial charge in [0.1, 0.15) is 0 Å². The molecule has 0 spiro atoms. The first kappa shape index (κ1) is 10.6. The molecule has 0 heterocycles. The summed E-state index contributed by atoms with van der Waals surface area (Å²) < 4.78 is 2.19. The summed E-state index contributed by atoms with van der Waals surface area (Å²) in [5.74, 6) is -0.879. The molecule has 0 aliphatic heterocycles. The Morgan fingerprint density at radius 3 is 2.00 bits per heavy atom. The van der Waals surface area contributed by atoms with E-state index in [1.54, 1.807) is 30.3 Å². The molecule has 0 radical (unpaired) electrons. The molecular formula is C8H9HgO2. The molecule has 0 fully saturated rings. The average molecular weight is 338 g/mol. The Morgan fingerprint density at radius 2 is 1.73 bits per heavy atom. The van der Waals surface area contributed by atoms with E-state index in [0.717, 1.165) is 26.1 Å². The van der Waals surface area contributed by atoms with Gasteiger partial charge in [-0.25, -0.2) is 4.79 Å². The zero-order chi connectivity index (χ0) is 8.69. The van der Waals surface area contributed by atoms with Gasteiger partial charge in [0.15, 0.2) is 0 Å².